The van der Waals surface area contributed by atoms with Crippen LogP contribution in [0.5, 0.6) is 5.88 Å². The third-order valence-corrected chi connectivity index (χ3v) is 4.15. The second-order valence-corrected chi connectivity index (χ2v) is 5.41. The van der Waals surface area contributed by atoms with Gasteiger partial charge in [0, 0.05) is 31.2 Å². The Balaban J connectivity index is 1.86. The lowest BCUT2D eigenvalue weighted by atomic mass is 10.00. The summed E-state index contributed by atoms with van der Waals surface area (Å²) in [6.07, 6.45) is 5.11. The van der Waals surface area contributed by atoms with Crippen LogP contribution in [-0.2, 0) is 6.54 Å². The van der Waals surface area contributed by atoms with Gasteiger partial charge in [-0.3, -0.25) is 0 Å². The zero-order valence-corrected chi connectivity index (χ0v) is 11.7. The third-order valence-electron chi connectivity index (χ3n) is 4.15. The molecule has 19 heavy (non-hydrogen) atoms. The normalized spacial score (nSPS) is 23.4. The smallest absolute Gasteiger partial charge is 0.219 e. The molecule has 0 amide bonds. The van der Waals surface area contributed by atoms with Gasteiger partial charge in [-0.15, -0.1) is 0 Å². The van der Waals surface area contributed by atoms with Crippen molar-refractivity contribution in [3.05, 3.63) is 17.7 Å². The molecule has 2 aliphatic rings. The van der Waals surface area contributed by atoms with Gasteiger partial charge in [0.1, 0.15) is 12.4 Å². The minimum absolute atomic E-state index is 0.642. The molecule has 1 unspecified atom stereocenters. The molecule has 104 valence electrons. The minimum Gasteiger partial charge on any atom is -0.476 e. The van der Waals surface area contributed by atoms with Gasteiger partial charge in [0.2, 0.25) is 5.88 Å². The Labute approximate surface area is 115 Å². The van der Waals surface area contributed by atoms with Gasteiger partial charge in [-0.2, -0.15) is 4.98 Å². The first-order valence-electron chi connectivity index (χ1n) is 7.48. The Kier molecular flexibility index (Phi) is 3.87. The van der Waals surface area contributed by atoms with E-state index in [0.29, 0.717) is 12.6 Å². The molecule has 3 heterocycles. The number of nitrogens with one attached hydrogen (secondary N) is 1. The van der Waals surface area contributed by atoms with E-state index in [1.54, 1.807) is 0 Å². The first-order valence-corrected chi connectivity index (χ1v) is 7.48. The number of nitrogens with zero attached hydrogens (tertiary/aromatic N) is 2. The summed E-state index contributed by atoms with van der Waals surface area (Å²) in [5.74, 6) is 1.91. The second-order valence-electron chi connectivity index (χ2n) is 5.41. The molecule has 1 saturated heterocycles. The van der Waals surface area contributed by atoms with Crippen molar-refractivity contribution in [3.63, 3.8) is 0 Å². The summed E-state index contributed by atoms with van der Waals surface area (Å²) < 4.78 is 5.75. The number of aromatic nitrogens is 1. The van der Waals surface area contributed by atoms with Crippen LogP contribution in [0.2, 0.25) is 0 Å². The number of piperidine rings is 1. The number of hydrogen-bond acceptors (Lipinski definition) is 4. The summed E-state index contributed by atoms with van der Waals surface area (Å²) in [4.78, 5) is 7.22. The topological polar surface area (TPSA) is 37.4 Å². The lowest BCUT2D eigenvalue weighted by molar-refractivity contribution is 0.313. The Morgan fingerprint density at radius 3 is 3.26 bits per heavy atom. The van der Waals surface area contributed by atoms with Gasteiger partial charge in [-0.1, -0.05) is 6.92 Å². The van der Waals surface area contributed by atoms with E-state index in [9.17, 15) is 0 Å². The van der Waals surface area contributed by atoms with Crippen LogP contribution in [0.4, 0.5) is 5.82 Å². The highest BCUT2D eigenvalue weighted by Gasteiger charge is 2.23. The molecule has 4 heteroatoms. The highest BCUT2D eigenvalue weighted by Crippen LogP contribution is 2.28. The first kappa shape index (κ1) is 12.7. The minimum atomic E-state index is 0.642. The summed E-state index contributed by atoms with van der Waals surface area (Å²) in [5.41, 5.74) is 1.17. The van der Waals surface area contributed by atoms with Gasteiger partial charge in [0.05, 0.1) is 0 Å². The number of rotatable bonds is 2. The summed E-state index contributed by atoms with van der Waals surface area (Å²) >= 11 is 0. The molecule has 2 aliphatic heterocycles. The van der Waals surface area contributed by atoms with Crippen molar-refractivity contribution in [2.75, 3.05) is 24.6 Å². The SMILES string of the molecule is CCC1CCCCN1c1ccc2c(n1)OCCNC2. The van der Waals surface area contributed by atoms with E-state index in [-0.39, 0.29) is 0 Å². The van der Waals surface area contributed by atoms with E-state index in [0.717, 1.165) is 31.3 Å². The van der Waals surface area contributed by atoms with Gasteiger partial charge in [-0.05, 0) is 37.8 Å². The van der Waals surface area contributed by atoms with E-state index in [2.05, 4.69) is 29.3 Å². The third kappa shape index (κ3) is 2.68. The van der Waals surface area contributed by atoms with Crippen LogP contribution in [0, 0.1) is 0 Å². The number of anilines is 1. The Hall–Kier alpha value is -1.29. The highest BCUT2D eigenvalue weighted by molar-refractivity contribution is 5.45. The van der Waals surface area contributed by atoms with Gasteiger partial charge in [0.15, 0.2) is 0 Å². The lowest BCUT2D eigenvalue weighted by Crippen LogP contribution is -2.39. The highest BCUT2D eigenvalue weighted by atomic mass is 16.5. The van der Waals surface area contributed by atoms with Crippen molar-refractivity contribution in [1.82, 2.24) is 10.3 Å². The Morgan fingerprint density at radius 1 is 1.42 bits per heavy atom. The second kappa shape index (κ2) is 5.78. The molecule has 0 bridgehead atoms. The lowest BCUT2D eigenvalue weighted by Gasteiger charge is -2.36. The Morgan fingerprint density at radius 2 is 2.37 bits per heavy atom. The average Bonchev–Trinajstić information content (AvgIpc) is 2.71. The van der Waals surface area contributed by atoms with Crippen LogP contribution < -0.4 is 15.0 Å². The fourth-order valence-corrected chi connectivity index (χ4v) is 3.05. The summed E-state index contributed by atoms with van der Waals surface area (Å²) in [5, 5.41) is 3.34. The van der Waals surface area contributed by atoms with Crippen molar-refractivity contribution in [1.29, 1.82) is 0 Å². The van der Waals surface area contributed by atoms with Crippen molar-refractivity contribution in [2.45, 2.75) is 45.2 Å². The molecule has 1 aromatic rings. The summed E-state index contributed by atoms with van der Waals surface area (Å²) in [6.45, 7) is 5.86. The van der Waals surface area contributed by atoms with E-state index < -0.39 is 0 Å². The maximum Gasteiger partial charge on any atom is 0.219 e. The van der Waals surface area contributed by atoms with E-state index >= 15 is 0 Å². The van der Waals surface area contributed by atoms with Gasteiger partial charge >= 0.3 is 0 Å². The molecular formula is C15H23N3O. The molecule has 1 atom stereocenters. The molecule has 3 rings (SSSR count). The predicted molar refractivity (Wildman–Crippen MR) is 76.7 cm³/mol. The summed E-state index contributed by atoms with van der Waals surface area (Å²) in [6, 6.07) is 4.96. The Bertz CT molecular complexity index is 435. The quantitative estimate of drug-likeness (QED) is 0.886. The van der Waals surface area contributed by atoms with Crippen LogP contribution in [0.15, 0.2) is 12.1 Å². The fourth-order valence-electron chi connectivity index (χ4n) is 3.05. The van der Waals surface area contributed by atoms with E-state index in [4.69, 9.17) is 9.72 Å². The predicted octanol–water partition coefficient (Wildman–Crippen LogP) is 2.33. The number of pyridine rings is 1. The molecule has 0 aliphatic carbocycles. The van der Waals surface area contributed by atoms with Crippen molar-refractivity contribution in [3.8, 4) is 5.88 Å². The zero-order chi connectivity index (χ0) is 13.1. The molecular weight excluding hydrogens is 238 g/mol. The maximum atomic E-state index is 5.75. The molecule has 0 spiro atoms. The average molecular weight is 261 g/mol. The zero-order valence-electron chi connectivity index (χ0n) is 11.7. The van der Waals surface area contributed by atoms with Crippen molar-refractivity contribution in [2.24, 2.45) is 0 Å². The standard InChI is InChI=1S/C15H23N3O/c1-2-13-5-3-4-9-18(13)14-7-6-12-11-16-8-10-19-15(12)17-14/h6-7,13,16H,2-5,8-11H2,1H3. The number of fused-ring (bicyclic) bond motifs is 1. The van der Waals surface area contributed by atoms with Crippen LogP contribution >= 0.6 is 0 Å². The monoisotopic (exact) mass is 261 g/mol. The van der Waals surface area contributed by atoms with Crippen molar-refractivity contribution >= 4 is 5.82 Å². The van der Waals surface area contributed by atoms with Crippen LogP contribution in [0.25, 0.3) is 0 Å². The van der Waals surface area contributed by atoms with Crippen LogP contribution in [0.1, 0.15) is 38.2 Å². The number of hydrogen-bond donors (Lipinski definition) is 1. The molecule has 0 aromatic carbocycles. The van der Waals surface area contributed by atoms with Crippen molar-refractivity contribution < 1.29 is 4.74 Å². The van der Waals surface area contributed by atoms with Gasteiger partial charge in [0.25, 0.3) is 0 Å². The molecule has 4 nitrogen and oxygen atoms in total. The number of ether oxygens (including phenoxy) is 1. The largest absolute Gasteiger partial charge is 0.476 e. The van der Waals surface area contributed by atoms with Crippen LogP contribution in [-0.4, -0.2) is 30.7 Å². The van der Waals surface area contributed by atoms with Crippen LogP contribution in [0.3, 0.4) is 0 Å². The van der Waals surface area contributed by atoms with Gasteiger partial charge in [-0.25, -0.2) is 0 Å². The maximum absolute atomic E-state index is 5.75. The fraction of sp³-hybridized carbons (Fsp3) is 0.667. The molecule has 1 fully saturated rings. The molecule has 1 aromatic heterocycles. The molecule has 0 saturated carbocycles. The molecule has 1 N–H and O–H groups in total. The molecule has 0 radical (unpaired) electrons. The van der Waals surface area contributed by atoms with E-state index in [1.165, 1.54) is 31.2 Å². The summed E-state index contributed by atoms with van der Waals surface area (Å²) in [7, 11) is 0. The van der Waals surface area contributed by atoms with E-state index in [1.807, 2.05) is 0 Å². The first-order chi connectivity index (χ1) is 9.38. The van der Waals surface area contributed by atoms with Gasteiger partial charge < -0.3 is 15.0 Å².